The van der Waals surface area contributed by atoms with Crippen LogP contribution < -0.4 is 0 Å². The highest BCUT2D eigenvalue weighted by molar-refractivity contribution is 6.85. The summed E-state index contributed by atoms with van der Waals surface area (Å²) in [5.74, 6) is 2.41. The van der Waals surface area contributed by atoms with E-state index in [2.05, 4.69) is 19.6 Å². The van der Waals surface area contributed by atoms with Crippen LogP contribution in [0.15, 0.2) is 0 Å². The van der Waals surface area contributed by atoms with Gasteiger partial charge in [0.2, 0.25) is 0 Å². The van der Waals surface area contributed by atoms with Gasteiger partial charge in [0, 0.05) is 8.07 Å². The first-order valence-electron chi connectivity index (χ1n) is 6.91. The van der Waals surface area contributed by atoms with Gasteiger partial charge in [-0.25, -0.2) is 0 Å². The maximum atomic E-state index is 2.63. The van der Waals surface area contributed by atoms with Crippen molar-refractivity contribution in [2.24, 2.45) is 5.92 Å². The quantitative estimate of drug-likeness (QED) is 0.579. The van der Waals surface area contributed by atoms with E-state index in [1.165, 1.54) is 17.2 Å². The van der Waals surface area contributed by atoms with E-state index in [-0.39, 0.29) is 0 Å². The Morgan fingerprint density at radius 2 is 1.50 bits per heavy atom. The molecule has 0 aliphatic carbocycles. The van der Waals surface area contributed by atoms with Crippen LogP contribution in [0.2, 0.25) is 30.9 Å². The summed E-state index contributed by atoms with van der Waals surface area (Å²) in [4.78, 5) is 0. The molecule has 0 amide bonds. The molecule has 2 heterocycles. The molecule has 2 bridgehead atoms. The molecule has 14 heavy (non-hydrogen) atoms. The molecule has 0 radical (unpaired) electrons. The largest absolute Gasteiger partial charge is 0.173 e. The molecule has 0 aromatic carbocycles. The molecule has 0 aromatic rings. The summed E-state index contributed by atoms with van der Waals surface area (Å²) in [5.41, 5.74) is 1.28. The van der Waals surface area contributed by atoms with E-state index >= 15 is 0 Å². The molecule has 2 fully saturated rings. The fourth-order valence-corrected chi connectivity index (χ4v) is 7.79. The van der Waals surface area contributed by atoms with Gasteiger partial charge in [-0.3, -0.25) is 0 Å². The van der Waals surface area contributed by atoms with Crippen molar-refractivity contribution in [1.82, 2.24) is 0 Å². The Hall–Kier alpha value is 0.282. The minimum atomic E-state index is -0.819. The zero-order chi connectivity index (χ0) is 10.2. The van der Waals surface area contributed by atoms with Gasteiger partial charge in [0.15, 0.2) is 0 Å². The number of hydrogen-bond donors (Lipinski definition) is 0. The molecule has 2 aliphatic rings. The molecular weight excluding hydrogens is 183 g/mol. The second kappa shape index (κ2) is 4.04. The van der Waals surface area contributed by atoms with Crippen LogP contribution in [-0.4, -0.2) is 15.4 Å². The molecule has 0 aromatic heterocycles. The Morgan fingerprint density at radius 1 is 0.929 bits per heavy atom. The molecule has 1 atom stereocenters. The van der Waals surface area contributed by atoms with Gasteiger partial charge < -0.3 is 0 Å². The third kappa shape index (κ3) is 2.26. The van der Waals surface area contributed by atoms with Crippen LogP contribution in [0, 0.1) is 5.92 Å². The number of fused-ring (bicyclic) bond motifs is 3. The Kier molecular flexibility index (Phi) is 3.11. The van der Waals surface area contributed by atoms with Crippen LogP contribution in [0.25, 0.3) is 0 Å². The Bertz CT molecular complexity index is 187. The van der Waals surface area contributed by atoms with Crippen molar-refractivity contribution in [3.05, 3.63) is 0 Å². The predicted octanol–water partition coefficient (Wildman–Crippen LogP) is 3.59. The van der Waals surface area contributed by atoms with E-state index in [0.717, 1.165) is 0 Å². The van der Waals surface area contributed by atoms with Crippen LogP contribution in [0.1, 0.15) is 38.5 Å². The van der Waals surface area contributed by atoms with E-state index in [9.17, 15) is 0 Å². The van der Waals surface area contributed by atoms with Crippen molar-refractivity contribution in [3.8, 4) is 0 Å². The first kappa shape index (κ1) is 10.8. The van der Waals surface area contributed by atoms with E-state index in [4.69, 9.17) is 0 Å². The third-order valence-corrected chi connectivity index (χ3v) is 8.98. The first-order chi connectivity index (χ1) is 6.57. The highest BCUT2D eigenvalue weighted by Crippen LogP contribution is 2.46. The van der Waals surface area contributed by atoms with E-state index < -0.39 is 8.07 Å². The highest BCUT2D eigenvalue weighted by Gasteiger charge is 2.33. The number of rotatable bonds is 1. The van der Waals surface area contributed by atoms with Crippen LogP contribution in [0.4, 0.5) is 0 Å². The van der Waals surface area contributed by atoms with Gasteiger partial charge in [-0.1, -0.05) is 64.1 Å². The lowest BCUT2D eigenvalue weighted by atomic mass is 9.59. The van der Waals surface area contributed by atoms with Crippen LogP contribution in [0.3, 0.4) is 0 Å². The zero-order valence-corrected chi connectivity index (χ0v) is 11.5. The Balaban J connectivity index is 2.16. The van der Waals surface area contributed by atoms with E-state index in [1.807, 2.05) is 0 Å². The van der Waals surface area contributed by atoms with Crippen molar-refractivity contribution in [1.29, 1.82) is 0 Å². The van der Waals surface area contributed by atoms with Gasteiger partial charge in [0.05, 0.1) is 0 Å². The minimum Gasteiger partial charge on any atom is -0.173 e. The summed E-state index contributed by atoms with van der Waals surface area (Å²) in [6, 6.07) is 0. The van der Waals surface area contributed by atoms with E-state index in [0.29, 0.717) is 7.28 Å². The minimum absolute atomic E-state index is 0.407. The molecule has 2 saturated heterocycles. The lowest BCUT2D eigenvalue weighted by molar-refractivity contribution is 0.411. The van der Waals surface area contributed by atoms with Crippen molar-refractivity contribution in [2.45, 2.75) is 69.4 Å². The molecule has 0 nitrogen and oxygen atoms in total. The fraction of sp³-hybridized carbons (Fsp3) is 1.00. The standard InChI is InChI=1S/C12H26BSi/c1-14(2,3)12-10-6-4-8-11(13-12)9-5-7-10/h10-12H,4-9,13H2,1-3H3/q-1/t10?,11?,12-/m1/s1. The summed E-state index contributed by atoms with van der Waals surface area (Å²) in [6.07, 6.45) is 9.54. The SMILES string of the molecule is C[Si](C)(C)[C@H]1[BH2-]C2CCCC1CCC2. The smallest absolute Gasteiger partial charge is 0.0125 e. The zero-order valence-electron chi connectivity index (χ0n) is 10.5. The molecule has 2 heteroatoms. The lowest BCUT2D eigenvalue weighted by Gasteiger charge is -2.39. The van der Waals surface area contributed by atoms with Gasteiger partial charge in [-0.15, -0.1) is 0 Å². The summed E-state index contributed by atoms with van der Waals surface area (Å²) in [6.45, 7) is 7.88. The first-order valence-corrected chi connectivity index (χ1v) is 10.5. The lowest BCUT2D eigenvalue weighted by Crippen LogP contribution is -2.36. The van der Waals surface area contributed by atoms with Crippen molar-refractivity contribution in [3.63, 3.8) is 0 Å². The summed E-state index contributed by atoms with van der Waals surface area (Å²) < 4.78 is 0. The molecule has 0 saturated carbocycles. The third-order valence-electron chi connectivity index (χ3n) is 5.45. The topological polar surface area (TPSA) is 0 Å². The molecule has 2 rings (SSSR count). The molecule has 0 unspecified atom stereocenters. The maximum Gasteiger partial charge on any atom is 0.0125 e. The van der Waals surface area contributed by atoms with Crippen molar-refractivity contribution >= 4 is 15.4 Å². The maximum absolute atomic E-state index is 2.63. The normalized spacial score (nSPS) is 39.2. The van der Waals surface area contributed by atoms with Gasteiger partial charge in [0.25, 0.3) is 0 Å². The number of hydrogen-bond acceptors (Lipinski definition) is 0. The Morgan fingerprint density at radius 3 is 2.00 bits per heavy atom. The average Bonchev–Trinajstić information content (AvgIpc) is 2.31. The Labute approximate surface area is 91.1 Å². The van der Waals surface area contributed by atoms with Crippen LogP contribution in [-0.2, 0) is 0 Å². The fourth-order valence-electron chi connectivity index (χ4n) is 4.57. The van der Waals surface area contributed by atoms with E-state index in [1.54, 1.807) is 38.5 Å². The second-order valence-corrected chi connectivity index (χ2v) is 12.9. The van der Waals surface area contributed by atoms with Crippen molar-refractivity contribution in [2.75, 3.05) is 0 Å². The van der Waals surface area contributed by atoms with Crippen LogP contribution >= 0.6 is 0 Å². The van der Waals surface area contributed by atoms with Gasteiger partial charge in [-0.2, -0.15) is 11.3 Å². The van der Waals surface area contributed by atoms with Gasteiger partial charge in [0.1, 0.15) is 0 Å². The summed E-state index contributed by atoms with van der Waals surface area (Å²) >= 11 is 0. The molecule has 2 aliphatic heterocycles. The monoisotopic (exact) mass is 209 g/mol. The molecule has 82 valence electrons. The summed E-state index contributed by atoms with van der Waals surface area (Å²) in [5, 5.41) is 0. The molecule has 0 N–H and O–H groups in total. The van der Waals surface area contributed by atoms with Crippen LogP contribution in [0.5, 0.6) is 0 Å². The summed E-state index contributed by atoms with van der Waals surface area (Å²) in [7, 11) is -0.412. The van der Waals surface area contributed by atoms with Gasteiger partial charge >= 0.3 is 0 Å². The van der Waals surface area contributed by atoms with Crippen molar-refractivity contribution < 1.29 is 0 Å². The molecular formula is C12H26BSi-. The van der Waals surface area contributed by atoms with Gasteiger partial charge in [-0.05, 0) is 7.28 Å². The predicted molar refractivity (Wildman–Crippen MR) is 70.6 cm³/mol. The average molecular weight is 209 g/mol. The molecule has 0 spiro atoms. The second-order valence-electron chi connectivity index (χ2n) is 7.22. The highest BCUT2D eigenvalue weighted by atomic mass is 28.3.